The zero-order valence-corrected chi connectivity index (χ0v) is 19.3. The Morgan fingerprint density at radius 2 is 1.69 bits per heavy atom. The second-order valence-electron chi connectivity index (χ2n) is 8.12. The topological polar surface area (TPSA) is 53.8 Å². The van der Waals surface area contributed by atoms with Crippen molar-refractivity contribution in [2.24, 2.45) is 0 Å². The fraction of sp³-hybridized carbons (Fsp3) is 0.462. The van der Waals surface area contributed by atoms with Gasteiger partial charge in [0.05, 0.1) is 6.54 Å². The summed E-state index contributed by atoms with van der Waals surface area (Å²) in [5.41, 5.74) is 0.806. The van der Waals surface area contributed by atoms with Crippen molar-refractivity contribution < 1.29 is 18.4 Å². The summed E-state index contributed by atoms with van der Waals surface area (Å²) in [5, 5.41) is 0. The molecule has 0 spiro atoms. The normalized spacial score (nSPS) is 10.7. The molecule has 0 unspecified atom stereocenters. The van der Waals surface area contributed by atoms with Crippen LogP contribution in [-0.2, 0) is 22.7 Å². The predicted molar refractivity (Wildman–Crippen MR) is 124 cm³/mol. The SMILES string of the molecule is C=CCN(CC(=O)N(Cc1ccc(F)cc1)Cc1ccc(C)o1)C(=O)CCCCCCC. The number of hydrogen-bond donors (Lipinski definition) is 0. The number of furan rings is 1. The first-order valence-corrected chi connectivity index (χ1v) is 11.4. The lowest BCUT2D eigenvalue weighted by atomic mass is 10.1. The summed E-state index contributed by atoms with van der Waals surface area (Å²) in [6, 6.07) is 9.76. The molecule has 0 aliphatic carbocycles. The Morgan fingerprint density at radius 3 is 2.31 bits per heavy atom. The van der Waals surface area contributed by atoms with Crippen LogP contribution in [0.3, 0.4) is 0 Å². The van der Waals surface area contributed by atoms with Crippen molar-refractivity contribution >= 4 is 11.8 Å². The Balaban J connectivity index is 2.06. The molecule has 0 radical (unpaired) electrons. The molecule has 0 atom stereocenters. The van der Waals surface area contributed by atoms with Gasteiger partial charge in [-0.3, -0.25) is 9.59 Å². The Hall–Kier alpha value is -2.89. The van der Waals surface area contributed by atoms with Gasteiger partial charge in [-0.15, -0.1) is 6.58 Å². The van der Waals surface area contributed by atoms with Gasteiger partial charge in [0.25, 0.3) is 0 Å². The highest BCUT2D eigenvalue weighted by atomic mass is 19.1. The van der Waals surface area contributed by atoms with Crippen molar-refractivity contribution in [3.8, 4) is 0 Å². The van der Waals surface area contributed by atoms with Crippen molar-refractivity contribution in [3.63, 3.8) is 0 Å². The zero-order chi connectivity index (χ0) is 23.3. The summed E-state index contributed by atoms with van der Waals surface area (Å²) < 4.78 is 19.0. The maximum absolute atomic E-state index is 13.3. The van der Waals surface area contributed by atoms with Gasteiger partial charge in [0, 0.05) is 19.5 Å². The van der Waals surface area contributed by atoms with Crippen LogP contribution < -0.4 is 0 Å². The molecule has 0 saturated carbocycles. The maximum atomic E-state index is 13.3. The second kappa shape index (κ2) is 13.5. The van der Waals surface area contributed by atoms with E-state index in [1.807, 2.05) is 19.1 Å². The smallest absolute Gasteiger partial charge is 0.242 e. The molecular formula is C26H35FN2O3. The van der Waals surface area contributed by atoms with Crippen molar-refractivity contribution in [1.82, 2.24) is 9.80 Å². The van der Waals surface area contributed by atoms with Gasteiger partial charge in [-0.05, 0) is 43.2 Å². The quantitative estimate of drug-likeness (QED) is 0.281. The minimum absolute atomic E-state index is 0.0271. The largest absolute Gasteiger partial charge is 0.464 e. The van der Waals surface area contributed by atoms with Crippen molar-refractivity contribution in [1.29, 1.82) is 0 Å². The van der Waals surface area contributed by atoms with E-state index >= 15 is 0 Å². The molecule has 2 rings (SSSR count). The van der Waals surface area contributed by atoms with E-state index < -0.39 is 0 Å². The van der Waals surface area contributed by atoms with Gasteiger partial charge in [0.15, 0.2) is 0 Å². The third-order valence-corrected chi connectivity index (χ3v) is 5.30. The lowest BCUT2D eigenvalue weighted by Gasteiger charge is -2.27. The molecule has 0 saturated heterocycles. The van der Waals surface area contributed by atoms with E-state index in [9.17, 15) is 14.0 Å². The lowest BCUT2D eigenvalue weighted by molar-refractivity contribution is -0.141. The first-order valence-electron chi connectivity index (χ1n) is 11.4. The molecular weight excluding hydrogens is 407 g/mol. The number of unbranched alkanes of at least 4 members (excludes halogenated alkanes) is 4. The first kappa shape index (κ1) is 25.4. The minimum Gasteiger partial charge on any atom is -0.464 e. The number of halogens is 1. The number of carbonyl (C=O) groups excluding carboxylic acids is 2. The summed E-state index contributed by atoms with van der Waals surface area (Å²) in [5.74, 6) is 0.876. The maximum Gasteiger partial charge on any atom is 0.242 e. The number of rotatable bonds is 14. The van der Waals surface area contributed by atoms with Crippen molar-refractivity contribution in [3.05, 3.63) is 72.0 Å². The van der Waals surface area contributed by atoms with E-state index in [-0.39, 0.29) is 30.7 Å². The summed E-state index contributed by atoms with van der Waals surface area (Å²) >= 11 is 0. The summed E-state index contributed by atoms with van der Waals surface area (Å²) in [7, 11) is 0. The van der Waals surface area contributed by atoms with E-state index in [0.29, 0.717) is 25.3 Å². The van der Waals surface area contributed by atoms with Gasteiger partial charge in [-0.2, -0.15) is 0 Å². The van der Waals surface area contributed by atoms with Crippen LogP contribution in [0.25, 0.3) is 0 Å². The third-order valence-electron chi connectivity index (χ3n) is 5.30. The minimum atomic E-state index is -0.324. The molecule has 6 heteroatoms. The van der Waals surface area contributed by atoms with E-state index in [2.05, 4.69) is 13.5 Å². The molecule has 0 bridgehead atoms. The van der Waals surface area contributed by atoms with E-state index in [4.69, 9.17) is 4.42 Å². The molecule has 1 aromatic carbocycles. The van der Waals surface area contributed by atoms with Crippen molar-refractivity contribution in [2.75, 3.05) is 13.1 Å². The van der Waals surface area contributed by atoms with Crippen LogP contribution >= 0.6 is 0 Å². The average Bonchev–Trinajstić information content (AvgIpc) is 3.18. The molecule has 1 heterocycles. The molecule has 0 fully saturated rings. The molecule has 0 N–H and O–H groups in total. The summed E-state index contributed by atoms with van der Waals surface area (Å²) in [4.78, 5) is 29.1. The average molecular weight is 443 g/mol. The fourth-order valence-corrected chi connectivity index (χ4v) is 3.51. The van der Waals surface area contributed by atoms with Crippen LogP contribution in [0.15, 0.2) is 53.5 Å². The molecule has 5 nitrogen and oxygen atoms in total. The van der Waals surface area contributed by atoms with Gasteiger partial charge in [-0.25, -0.2) is 4.39 Å². The highest BCUT2D eigenvalue weighted by Gasteiger charge is 2.22. The van der Waals surface area contributed by atoms with Crippen LogP contribution in [-0.4, -0.2) is 34.7 Å². The highest BCUT2D eigenvalue weighted by Crippen LogP contribution is 2.15. The van der Waals surface area contributed by atoms with Gasteiger partial charge in [0.2, 0.25) is 11.8 Å². The fourth-order valence-electron chi connectivity index (χ4n) is 3.51. The summed E-state index contributed by atoms with van der Waals surface area (Å²) in [6.45, 7) is 8.61. The van der Waals surface area contributed by atoms with Gasteiger partial charge in [0.1, 0.15) is 23.9 Å². The number of nitrogens with zero attached hydrogens (tertiary/aromatic N) is 2. The van der Waals surface area contributed by atoms with Gasteiger partial charge < -0.3 is 14.2 Å². The first-order chi connectivity index (χ1) is 15.4. The second-order valence-corrected chi connectivity index (χ2v) is 8.12. The Bertz CT molecular complexity index is 860. The lowest BCUT2D eigenvalue weighted by Crippen LogP contribution is -2.42. The van der Waals surface area contributed by atoms with Crippen LogP contribution in [0.2, 0.25) is 0 Å². The number of amides is 2. The monoisotopic (exact) mass is 442 g/mol. The van der Waals surface area contributed by atoms with Gasteiger partial charge in [-0.1, -0.05) is 50.8 Å². The van der Waals surface area contributed by atoms with E-state index in [1.165, 1.54) is 18.6 Å². The predicted octanol–water partition coefficient (Wildman–Crippen LogP) is 5.63. The Morgan fingerprint density at radius 1 is 0.969 bits per heavy atom. The highest BCUT2D eigenvalue weighted by molar-refractivity contribution is 5.85. The number of aryl methyl sites for hydroxylation is 1. The number of hydrogen-bond acceptors (Lipinski definition) is 3. The molecule has 174 valence electrons. The van der Waals surface area contributed by atoms with Crippen LogP contribution in [0, 0.1) is 12.7 Å². The van der Waals surface area contributed by atoms with Gasteiger partial charge >= 0.3 is 0 Å². The van der Waals surface area contributed by atoms with Crippen LogP contribution in [0.5, 0.6) is 0 Å². The third kappa shape index (κ3) is 8.69. The number of carbonyl (C=O) groups is 2. The van der Waals surface area contributed by atoms with Crippen molar-refractivity contribution in [2.45, 2.75) is 65.5 Å². The number of benzene rings is 1. The molecule has 1 aromatic heterocycles. The van der Waals surface area contributed by atoms with E-state index in [0.717, 1.165) is 37.0 Å². The Labute approximate surface area is 190 Å². The molecule has 2 aromatic rings. The molecule has 0 aliphatic heterocycles. The summed E-state index contributed by atoms with van der Waals surface area (Å²) in [6.07, 6.45) is 7.37. The molecule has 0 aliphatic rings. The zero-order valence-electron chi connectivity index (χ0n) is 19.3. The molecule has 2 amide bonds. The Kier molecular flexibility index (Phi) is 10.7. The van der Waals surface area contributed by atoms with Crippen LogP contribution in [0.1, 0.15) is 62.5 Å². The van der Waals surface area contributed by atoms with E-state index in [1.54, 1.807) is 28.0 Å². The standard InChI is InChI=1S/C26H35FN2O3/c1-4-6-7-8-9-10-25(30)28(17-5-2)20-26(31)29(19-24-16-11-21(3)32-24)18-22-12-14-23(27)15-13-22/h5,11-16H,2,4,6-10,17-20H2,1,3H3. The molecule has 32 heavy (non-hydrogen) atoms. The van der Waals surface area contributed by atoms with Crippen LogP contribution in [0.4, 0.5) is 4.39 Å².